The van der Waals surface area contributed by atoms with Crippen LogP contribution in [0.4, 0.5) is 0 Å². The van der Waals surface area contributed by atoms with E-state index in [1.165, 1.54) is 0 Å². The van der Waals surface area contributed by atoms with Crippen molar-refractivity contribution in [2.24, 2.45) is 0 Å². The molecule has 0 bridgehead atoms. The fraction of sp³-hybridized carbons (Fsp3) is 0. The zero-order valence-corrected chi connectivity index (χ0v) is 26.1. The van der Waals surface area contributed by atoms with E-state index < -0.39 is 78.2 Å². The maximum Gasteiger partial charge on any atom is 0.160 e. The molecule has 0 N–H and O–H groups in total. The standard InChI is InChI=1S/C46H29N3O/c1-3-14-30(15-4-1)31-16-11-17-32(28-31)46-47-39(29-40(48-46)37-24-12-22-35-34-20-8-10-27-43(34)50-45(35)37)36-23-13-26-42-44(36)38-21-7-9-25-41(38)49(42)33-18-5-2-6-19-33/h1-29H/i2D,5D,6D,7D,9D,13D,18D,19D,21D,23D,25D,26D. The van der Waals surface area contributed by atoms with Crippen molar-refractivity contribution in [2.75, 3.05) is 0 Å². The van der Waals surface area contributed by atoms with Crippen LogP contribution in [0.5, 0.6) is 0 Å². The minimum Gasteiger partial charge on any atom is -0.455 e. The monoisotopic (exact) mass is 651 g/mol. The van der Waals surface area contributed by atoms with E-state index >= 15 is 0 Å². The summed E-state index contributed by atoms with van der Waals surface area (Å²) in [6.45, 7) is 0. The summed E-state index contributed by atoms with van der Waals surface area (Å²) in [5.41, 5.74) is 3.37. The third kappa shape index (κ3) is 4.54. The highest BCUT2D eigenvalue weighted by molar-refractivity contribution is 6.16. The number of fused-ring (bicyclic) bond motifs is 6. The van der Waals surface area contributed by atoms with E-state index in [9.17, 15) is 5.48 Å². The van der Waals surface area contributed by atoms with E-state index in [0.717, 1.165) is 26.5 Å². The van der Waals surface area contributed by atoms with Crippen molar-refractivity contribution in [3.05, 3.63) is 176 Å². The van der Waals surface area contributed by atoms with Crippen LogP contribution in [0.2, 0.25) is 0 Å². The summed E-state index contributed by atoms with van der Waals surface area (Å²) in [4.78, 5) is 10.1. The molecule has 0 amide bonds. The Bertz CT molecular complexity index is 3540. The van der Waals surface area contributed by atoms with Crippen LogP contribution in [0.15, 0.2) is 180 Å². The van der Waals surface area contributed by atoms with E-state index in [0.29, 0.717) is 28.0 Å². The average Bonchev–Trinajstić information content (AvgIpc) is 3.85. The number of para-hydroxylation sites is 4. The third-order valence-corrected chi connectivity index (χ3v) is 8.82. The summed E-state index contributed by atoms with van der Waals surface area (Å²) in [5, 5.41) is 1.41. The Morgan fingerprint density at radius 2 is 1.20 bits per heavy atom. The topological polar surface area (TPSA) is 43.9 Å². The number of hydrogen-bond donors (Lipinski definition) is 0. The van der Waals surface area contributed by atoms with Crippen LogP contribution in [0.3, 0.4) is 0 Å². The molecule has 4 nitrogen and oxygen atoms in total. The van der Waals surface area contributed by atoms with Gasteiger partial charge in [-0.05, 0) is 59.6 Å². The SMILES string of the molecule is [2H]c1c([2H])c([2H])c(-n2c3c([2H])c([2H])c([2H])c([2H])c3c3c(-c4cc(-c5cccc6c5oc5ccccc56)nc(-c5cccc(-c6ccccc6)c5)n4)c([2H])c([2H])c([2H])c32)c([2H])c1[2H]. The van der Waals surface area contributed by atoms with Crippen molar-refractivity contribution >= 4 is 43.7 Å². The molecule has 3 aromatic heterocycles. The Hall–Kier alpha value is -6.78. The first-order valence-corrected chi connectivity index (χ1v) is 15.9. The lowest BCUT2D eigenvalue weighted by atomic mass is 10.00. The number of rotatable bonds is 5. The zero-order valence-electron chi connectivity index (χ0n) is 38.1. The molecule has 0 aliphatic heterocycles. The van der Waals surface area contributed by atoms with Gasteiger partial charge in [-0.25, -0.2) is 9.97 Å². The van der Waals surface area contributed by atoms with Crippen molar-refractivity contribution in [3.63, 3.8) is 0 Å². The highest BCUT2D eigenvalue weighted by Crippen LogP contribution is 2.41. The molecule has 0 saturated carbocycles. The lowest BCUT2D eigenvalue weighted by molar-refractivity contribution is 0.670. The van der Waals surface area contributed by atoms with Gasteiger partial charge < -0.3 is 8.98 Å². The summed E-state index contributed by atoms with van der Waals surface area (Å²) in [7, 11) is 0. The number of nitrogens with zero attached hydrogens (tertiary/aromatic N) is 3. The summed E-state index contributed by atoms with van der Waals surface area (Å²) in [5.74, 6) is 0.202. The largest absolute Gasteiger partial charge is 0.455 e. The van der Waals surface area contributed by atoms with Crippen LogP contribution in [0.1, 0.15) is 16.4 Å². The van der Waals surface area contributed by atoms with Crippen LogP contribution < -0.4 is 0 Å². The van der Waals surface area contributed by atoms with E-state index in [1.807, 2.05) is 97.1 Å². The average molecular weight is 652 g/mol. The molecule has 0 saturated heterocycles. The van der Waals surface area contributed by atoms with Gasteiger partial charge in [-0.3, -0.25) is 0 Å². The summed E-state index contributed by atoms with van der Waals surface area (Å²) in [6.07, 6.45) is 0. The molecule has 0 aliphatic carbocycles. The Labute approximate surface area is 305 Å². The summed E-state index contributed by atoms with van der Waals surface area (Å²) in [6, 6.07) is 24.4. The van der Waals surface area contributed by atoms with E-state index in [4.69, 9.17) is 25.4 Å². The molecule has 0 radical (unpaired) electrons. The van der Waals surface area contributed by atoms with Crippen molar-refractivity contribution < 1.29 is 20.9 Å². The van der Waals surface area contributed by atoms with Crippen molar-refractivity contribution in [1.29, 1.82) is 0 Å². The highest BCUT2D eigenvalue weighted by atomic mass is 16.3. The molecular weight excluding hydrogens is 611 g/mol. The number of furan rings is 1. The maximum absolute atomic E-state index is 9.50. The molecule has 10 aromatic rings. The van der Waals surface area contributed by atoms with Crippen LogP contribution in [0, 0.1) is 0 Å². The second-order valence-corrected chi connectivity index (χ2v) is 11.7. The predicted octanol–water partition coefficient (Wildman–Crippen LogP) is 12.1. The first kappa shape index (κ1) is 18.7. The molecule has 234 valence electrons. The smallest absolute Gasteiger partial charge is 0.160 e. The third-order valence-electron chi connectivity index (χ3n) is 8.82. The molecule has 10 rings (SSSR count). The normalized spacial score (nSPS) is 15.0. The summed E-state index contributed by atoms with van der Waals surface area (Å²) >= 11 is 0. The van der Waals surface area contributed by atoms with Gasteiger partial charge in [0.15, 0.2) is 5.82 Å². The van der Waals surface area contributed by atoms with E-state index in [2.05, 4.69) is 0 Å². The lowest BCUT2D eigenvalue weighted by Crippen LogP contribution is -1.97. The van der Waals surface area contributed by atoms with Gasteiger partial charge in [-0.15, -0.1) is 0 Å². The lowest BCUT2D eigenvalue weighted by Gasteiger charge is -2.12. The Balaban J connectivity index is 1.38. The minimum absolute atomic E-state index is 0.0549. The van der Waals surface area contributed by atoms with Gasteiger partial charge >= 0.3 is 0 Å². The molecule has 3 heterocycles. The number of benzene rings is 7. The number of hydrogen-bond acceptors (Lipinski definition) is 3. The predicted molar refractivity (Wildman–Crippen MR) is 205 cm³/mol. The molecule has 7 aromatic carbocycles. The fourth-order valence-electron chi connectivity index (χ4n) is 6.60. The van der Waals surface area contributed by atoms with Gasteiger partial charge in [0.2, 0.25) is 0 Å². The van der Waals surface area contributed by atoms with Gasteiger partial charge in [0, 0.05) is 43.9 Å². The molecule has 50 heavy (non-hydrogen) atoms. The van der Waals surface area contributed by atoms with Crippen molar-refractivity contribution in [2.45, 2.75) is 0 Å². The molecule has 4 heteroatoms. The van der Waals surface area contributed by atoms with Crippen molar-refractivity contribution in [1.82, 2.24) is 14.5 Å². The fourth-order valence-corrected chi connectivity index (χ4v) is 6.60. The second-order valence-electron chi connectivity index (χ2n) is 11.7. The Morgan fingerprint density at radius 1 is 0.500 bits per heavy atom. The zero-order chi connectivity index (χ0) is 43.5. The molecule has 0 spiro atoms. The van der Waals surface area contributed by atoms with Gasteiger partial charge in [-0.1, -0.05) is 127 Å². The molecule has 0 unspecified atom stereocenters. The second kappa shape index (κ2) is 11.4. The Morgan fingerprint density at radius 3 is 2.10 bits per heavy atom. The van der Waals surface area contributed by atoms with Gasteiger partial charge in [0.25, 0.3) is 0 Å². The molecule has 0 atom stereocenters. The van der Waals surface area contributed by atoms with Crippen LogP contribution in [0.25, 0.3) is 94.5 Å². The summed E-state index contributed by atoms with van der Waals surface area (Å²) < 4.78 is 114. The molecule has 0 fully saturated rings. The van der Waals surface area contributed by atoms with E-state index in [1.54, 1.807) is 6.07 Å². The highest BCUT2D eigenvalue weighted by Gasteiger charge is 2.20. The van der Waals surface area contributed by atoms with Crippen LogP contribution in [-0.2, 0) is 0 Å². The van der Waals surface area contributed by atoms with Crippen LogP contribution >= 0.6 is 0 Å². The van der Waals surface area contributed by atoms with Gasteiger partial charge in [-0.2, -0.15) is 0 Å². The number of aromatic nitrogens is 3. The first-order chi connectivity index (χ1) is 29.8. The van der Waals surface area contributed by atoms with E-state index in [-0.39, 0.29) is 38.9 Å². The maximum atomic E-state index is 9.50. The quantitative estimate of drug-likeness (QED) is 0.186. The minimum atomic E-state index is -0.714. The van der Waals surface area contributed by atoms with Gasteiger partial charge in [0.1, 0.15) is 11.2 Å². The van der Waals surface area contributed by atoms with Crippen molar-refractivity contribution in [3.8, 4) is 50.7 Å². The first-order valence-electron chi connectivity index (χ1n) is 21.9. The van der Waals surface area contributed by atoms with Gasteiger partial charge in [0.05, 0.1) is 38.9 Å². The van der Waals surface area contributed by atoms with Crippen LogP contribution in [-0.4, -0.2) is 14.5 Å². The Kier molecular flexibility index (Phi) is 4.27. The molecule has 0 aliphatic rings. The molecular formula is C46H29N3O.